The zero-order chi connectivity index (χ0) is 18.0. The van der Waals surface area contributed by atoms with Gasteiger partial charge in [-0.3, -0.25) is 10.1 Å². The first-order chi connectivity index (χ1) is 12.0. The lowest BCUT2D eigenvalue weighted by Gasteiger charge is -2.09. The molecule has 1 aliphatic rings. The van der Waals surface area contributed by atoms with Gasteiger partial charge in [-0.2, -0.15) is 0 Å². The number of aryl methyl sites for hydroxylation is 1. The van der Waals surface area contributed by atoms with Gasteiger partial charge in [0, 0.05) is 12.1 Å². The van der Waals surface area contributed by atoms with Gasteiger partial charge < -0.3 is 9.47 Å². The number of methoxy groups -OCH3 is 1. The molecule has 0 amide bonds. The molecule has 0 aromatic heterocycles. The smallest absolute Gasteiger partial charge is 0.363 e. The molecular weight excluding hydrogens is 324 g/mol. The quantitative estimate of drug-likeness (QED) is 0.369. The van der Waals surface area contributed by atoms with E-state index in [4.69, 9.17) is 9.47 Å². The number of hydrogen-bond acceptors (Lipinski definition) is 6. The molecule has 0 fully saturated rings. The molecule has 7 heteroatoms. The van der Waals surface area contributed by atoms with Crippen LogP contribution in [0.1, 0.15) is 16.7 Å². The lowest BCUT2D eigenvalue weighted by molar-refractivity contribution is -0.384. The molecule has 3 rings (SSSR count). The maximum atomic E-state index is 12.1. The Balaban J connectivity index is 1.95. The van der Waals surface area contributed by atoms with Gasteiger partial charge in [-0.05, 0) is 42.3 Å². The standard InChI is InChI=1S/C18H14N2O5/c1-11-4-3-5-14(16(11)24-2)17-19-15(18(21)25-17)10-12-6-8-13(9-7-12)20(22)23/h3-10H,1-2H3/b15-10+. The molecule has 25 heavy (non-hydrogen) atoms. The topological polar surface area (TPSA) is 91.0 Å². The monoisotopic (exact) mass is 338 g/mol. The van der Waals surface area contributed by atoms with Crippen LogP contribution in [0.2, 0.25) is 0 Å². The molecule has 0 saturated heterocycles. The molecule has 1 aliphatic heterocycles. The van der Waals surface area contributed by atoms with E-state index in [-0.39, 0.29) is 17.3 Å². The molecule has 1 heterocycles. The Labute approximate surface area is 143 Å². The average Bonchev–Trinajstić information content (AvgIpc) is 2.95. The molecule has 7 nitrogen and oxygen atoms in total. The largest absolute Gasteiger partial charge is 0.496 e. The summed E-state index contributed by atoms with van der Waals surface area (Å²) in [7, 11) is 1.54. The van der Waals surface area contributed by atoms with Crippen LogP contribution >= 0.6 is 0 Å². The van der Waals surface area contributed by atoms with Gasteiger partial charge in [0.05, 0.1) is 17.6 Å². The second-order valence-electron chi connectivity index (χ2n) is 5.34. The van der Waals surface area contributed by atoms with E-state index in [2.05, 4.69) is 4.99 Å². The van der Waals surface area contributed by atoms with Crippen LogP contribution in [0.15, 0.2) is 53.2 Å². The molecule has 0 bridgehead atoms. The maximum Gasteiger partial charge on any atom is 0.363 e. The minimum absolute atomic E-state index is 0.0233. The van der Waals surface area contributed by atoms with Crippen molar-refractivity contribution in [1.82, 2.24) is 0 Å². The Hall–Kier alpha value is -3.48. The van der Waals surface area contributed by atoms with Crippen LogP contribution < -0.4 is 4.74 Å². The number of esters is 1. The summed E-state index contributed by atoms with van der Waals surface area (Å²) in [5.41, 5.74) is 2.19. The molecule has 2 aromatic rings. The van der Waals surface area contributed by atoms with E-state index in [0.717, 1.165) is 5.56 Å². The van der Waals surface area contributed by atoms with E-state index < -0.39 is 10.9 Å². The predicted molar refractivity (Wildman–Crippen MR) is 91.4 cm³/mol. The van der Waals surface area contributed by atoms with Crippen molar-refractivity contribution >= 4 is 23.6 Å². The summed E-state index contributed by atoms with van der Waals surface area (Å²) in [5.74, 6) is 0.168. The predicted octanol–water partition coefficient (Wildman–Crippen LogP) is 3.26. The number of non-ortho nitro benzene ring substituents is 1. The van der Waals surface area contributed by atoms with Crippen molar-refractivity contribution in [2.75, 3.05) is 7.11 Å². The third kappa shape index (κ3) is 3.25. The van der Waals surface area contributed by atoms with Crippen LogP contribution in [-0.4, -0.2) is 23.9 Å². The molecular formula is C18H14N2O5. The van der Waals surface area contributed by atoms with E-state index in [9.17, 15) is 14.9 Å². The third-order valence-electron chi connectivity index (χ3n) is 3.67. The van der Waals surface area contributed by atoms with Gasteiger partial charge in [-0.1, -0.05) is 12.1 Å². The van der Waals surface area contributed by atoms with Crippen molar-refractivity contribution in [3.63, 3.8) is 0 Å². The number of ether oxygens (including phenoxy) is 2. The van der Waals surface area contributed by atoms with E-state index >= 15 is 0 Å². The summed E-state index contributed by atoms with van der Waals surface area (Å²) in [5, 5.41) is 10.7. The molecule has 0 N–H and O–H groups in total. The Morgan fingerprint density at radius 1 is 1.20 bits per heavy atom. The molecule has 0 saturated carbocycles. The number of para-hydroxylation sites is 1. The minimum Gasteiger partial charge on any atom is -0.496 e. The number of cyclic esters (lactones) is 1. The Morgan fingerprint density at radius 2 is 1.92 bits per heavy atom. The van der Waals surface area contributed by atoms with Crippen LogP contribution in [0, 0.1) is 17.0 Å². The number of aliphatic imine (C=N–C) groups is 1. The first-order valence-corrected chi connectivity index (χ1v) is 7.40. The first kappa shape index (κ1) is 16.4. The fourth-order valence-electron chi connectivity index (χ4n) is 2.47. The summed E-state index contributed by atoms with van der Waals surface area (Å²) in [6, 6.07) is 11.3. The second kappa shape index (κ2) is 6.56. The fraction of sp³-hybridized carbons (Fsp3) is 0.111. The number of benzene rings is 2. The van der Waals surface area contributed by atoms with Gasteiger partial charge in [-0.25, -0.2) is 9.79 Å². The molecule has 0 atom stereocenters. The normalized spacial score (nSPS) is 15.0. The second-order valence-corrected chi connectivity index (χ2v) is 5.34. The minimum atomic E-state index is -0.586. The zero-order valence-electron chi connectivity index (χ0n) is 13.6. The molecule has 0 unspecified atom stereocenters. The van der Waals surface area contributed by atoms with Crippen molar-refractivity contribution in [3.8, 4) is 5.75 Å². The van der Waals surface area contributed by atoms with Gasteiger partial charge in [0.2, 0.25) is 5.90 Å². The van der Waals surface area contributed by atoms with Gasteiger partial charge in [-0.15, -0.1) is 0 Å². The van der Waals surface area contributed by atoms with Crippen molar-refractivity contribution in [3.05, 3.63) is 75.0 Å². The van der Waals surface area contributed by atoms with Crippen LogP contribution in [0.3, 0.4) is 0 Å². The summed E-state index contributed by atoms with van der Waals surface area (Å²) < 4.78 is 10.6. The number of rotatable bonds is 4. The highest BCUT2D eigenvalue weighted by molar-refractivity contribution is 6.13. The summed E-state index contributed by atoms with van der Waals surface area (Å²) in [6.45, 7) is 1.88. The number of carbonyl (C=O) groups is 1. The summed E-state index contributed by atoms with van der Waals surface area (Å²) in [4.78, 5) is 26.5. The fourth-order valence-corrected chi connectivity index (χ4v) is 2.47. The van der Waals surface area contributed by atoms with Gasteiger partial charge in [0.1, 0.15) is 5.75 Å². The van der Waals surface area contributed by atoms with Crippen molar-refractivity contribution in [2.45, 2.75) is 6.92 Å². The Kier molecular flexibility index (Phi) is 4.30. The zero-order valence-corrected chi connectivity index (χ0v) is 13.6. The number of hydrogen-bond donors (Lipinski definition) is 0. The summed E-state index contributed by atoms with van der Waals surface area (Å²) in [6.07, 6.45) is 1.52. The van der Waals surface area contributed by atoms with E-state index in [0.29, 0.717) is 16.9 Å². The Morgan fingerprint density at radius 3 is 2.56 bits per heavy atom. The van der Waals surface area contributed by atoms with Gasteiger partial charge in [0.25, 0.3) is 5.69 Å². The van der Waals surface area contributed by atoms with Crippen molar-refractivity contribution < 1.29 is 19.2 Å². The van der Waals surface area contributed by atoms with Crippen LogP contribution in [0.25, 0.3) is 6.08 Å². The van der Waals surface area contributed by atoms with Crippen LogP contribution in [0.5, 0.6) is 5.75 Å². The average molecular weight is 338 g/mol. The molecule has 0 radical (unpaired) electrons. The van der Waals surface area contributed by atoms with Gasteiger partial charge in [0.15, 0.2) is 5.70 Å². The maximum absolute atomic E-state index is 12.1. The van der Waals surface area contributed by atoms with Crippen molar-refractivity contribution in [1.29, 1.82) is 0 Å². The summed E-state index contributed by atoms with van der Waals surface area (Å²) >= 11 is 0. The highest BCUT2D eigenvalue weighted by Crippen LogP contribution is 2.28. The lowest BCUT2D eigenvalue weighted by Crippen LogP contribution is -2.07. The number of nitro benzene ring substituents is 1. The molecule has 126 valence electrons. The first-order valence-electron chi connectivity index (χ1n) is 7.40. The highest BCUT2D eigenvalue weighted by atomic mass is 16.6. The van der Waals surface area contributed by atoms with E-state index in [1.54, 1.807) is 18.2 Å². The van der Waals surface area contributed by atoms with E-state index in [1.807, 2.05) is 19.1 Å². The van der Waals surface area contributed by atoms with E-state index in [1.165, 1.54) is 25.3 Å². The molecule has 0 spiro atoms. The van der Waals surface area contributed by atoms with Crippen LogP contribution in [-0.2, 0) is 9.53 Å². The molecule has 2 aromatic carbocycles. The van der Waals surface area contributed by atoms with Crippen LogP contribution in [0.4, 0.5) is 5.69 Å². The lowest BCUT2D eigenvalue weighted by atomic mass is 10.1. The van der Waals surface area contributed by atoms with Crippen molar-refractivity contribution in [2.24, 2.45) is 4.99 Å². The number of nitro groups is 1. The number of nitrogens with zero attached hydrogens (tertiary/aromatic N) is 2. The number of carbonyl (C=O) groups excluding carboxylic acids is 1. The van der Waals surface area contributed by atoms with Gasteiger partial charge >= 0.3 is 5.97 Å². The molecule has 0 aliphatic carbocycles. The third-order valence-corrected chi connectivity index (χ3v) is 3.67. The highest BCUT2D eigenvalue weighted by Gasteiger charge is 2.26. The Bertz CT molecular complexity index is 914. The SMILES string of the molecule is COc1c(C)cccc1C1=N/C(=C/c2ccc([N+](=O)[O-])cc2)C(=O)O1.